The van der Waals surface area contributed by atoms with Crippen LogP contribution in [0.15, 0.2) is 48.5 Å². The van der Waals surface area contributed by atoms with Gasteiger partial charge in [0.25, 0.3) is 0 Å². The molecule has 0 bridgehead atoms. The van der Waals surface area contributed by atoms with Crippen molar-refractivity contribution < 1.29 is 19.1 Å². The summed E-state index contributed by atoms with van der Waals surface area (Å²) in [4.78, 5) is 24.1. The molecule has 5 nitrogen and oxygen atoms in total. The molecule has 2 rings (SSSR count). The predicted octanol–water partition coefficient (Wildman–Crippen LogP) is 3.83. The predicted molar refractivity (Wildman–Crippen MR) is 97.0 cm³/mol. The van der Waals surface area contributed by atoms with Crippen LogP contribution in [0.5, 0.6) is 5.75 Å². The lowest BCUT2D eigenvalue weighted by molar-refractivity contribution is -0.115. The molecule has 1 N–H and O–H groups in total. The van der Waals surface area contributed by atoms with Gasteiger partial charge < -0.3 is 14.8 Å². The zero-order valence-corrected chi connectivity index (χ0v) is 14.6. The van der Waals surface area contributed by atoms with E-state index in [-0.39, 0.29) is 18.3 Å². The summed E-state index contributed by atoms with van der Waals surface area (Å²) in [6.07, 6.45) is 2.05. The van der Waals surface area contributed by atoms with E-state index < -0.39 is 0 Å². The molecule has 0 fully saturated rings. The van der Waals surface area contributed by atoms with Crippen LogP contribution in [0.2, 0.25) is 0 Å². The number of nitrogens with one attached hydrogen (secondary N) is 1. The molecule has 0 aliphatic heterocycles. The number of carbonyl (C=O) groups excluding carboxylic acids is 2. The van der Waals surface area contributed by atoms with E-state index in [1.807, 2.05) is 31.2 Å². The number of anilines is 1. The second-order valence-electron chi connectivity index (χ2n) is 5.64. The van der Waals surface area contributed by atoms with E-state index in [1.165, 1.54) is 0 Å². The molecule has 0 heterocycles. The van der Waals surface area contributed by atoms with E-state index in [9.17, 15) is 9.59 Å². The first-order chi connectivity index (χ1) is 12.1. The lowest BCUT2D eigenvalue weighted by Crippen LogP contribution is -2.15. The van der Waals surface area contributed by atoms with Crippen molar-refractivity contribution >= 4 is 17.6 Å². The van der Waals surface area contributed by atoms with E-state index in [0.29, 0.717) is 17.9 Å². The fourth-order valence-electron chi connectivity index (χ4n) is 2.25. The molecular formula is C20H23NO4. The first-order valence-corrected chi connectivity index (χ1v) is 8.32. The quantitative estimate of drug-likeness (QED) is 0.585. The highest BCUT2D eigenvalue weighted by Crippen LogP contribution is 2.14. The van der Waals surface area contributed by atoms with Gasteiger partial charge >= 0.3 is 5.97 Å². The lowest BCUT2D eigenvalue weighted by Gasteiger charge is -2.08. The van der Waals surface area contributed by atoms with E-state index in [0.717, 1.165) is 24.2 Å². The molecule has 0 spiro atoms. The van der Waals surface area contributed by atoms with Gasteiger partial charge in [0.2, 0.25) is 5.91 Å². The van der Waals surface area contributed by atoms with Crippen LogP contribution in [0.25, 0.3) is 0 Å². The SMILES string of the molecule is CCCCOC(=O)c1cccc(NC(=O)Cc2ccc(OC)cc2)c1. The molecule has 0 saturated carbocycles. The van der Waals surface area contributed by atoms with E-state index >= 15 is 0 Å². The third-order valence-electron chi connectivity index (χ3n) is 3.64. The molecule has 1 amide bonds. The minimum atomic E-state index is -0.375. The molecule has 25 heavy (non-hydrogen) atoms. The van der Waals surface area contributed by atoms with Crippen LogP contribution in [0.4, 0.5) is 5.69 Å². The van der Waals surface area contributed by atoms with Crippen molar-refractivity contribution in [3.63, 3.8) is 0 Å². The van der Waals surface area contributed by atoms with Crippen LogP contribution in [-0.4, -0.2) is 25.6 Å². The van der Waals surface area contributed by atoms with Crippen molar-refractivity contribution in [2.45, 2.75) is 26.2 Å². The highest BCUT2D eigenvalue weighted by atomic mass is 16.5. The third-order valence-corrected chi connectivity index (χ3v) is 3.64. The molecule has 2 aromatic rings. The highest BCUT2D eigenvalue weighted by Gasteiger charge is 2.09. The number of ether oxygens (including phenoxy) is 2. The van der Waals surface area contributed by atoms with Gasteiger partial charge in [-0.05, 0) is 42.3 Å². The third kappa shape index (κ3) is 5.95. The van der Waals surface area contributed by atoms with Crippen molar-refractivity contribution in [1.82, 2.24) is 0 Å². The molecule has 0 atom stereocenters. The first kappa shape index (κ1) is 18.5. The summed E-state index contributed by atoms with van der Waals surface area (Å²) < 4.78 is 10.3. The molecule has 0 radical (unpaired) electrons. The van der Waals surface area contributed by atoms with Gasteiger partial charge in [0.05, 0.1) is 25.7 Å². The van der Waals surface area contributed by atoms with Gasteiger partial charge in [-0.2, -0.15) is 0 Å². The number of hydrogen-bond acceptors (Lipinski definition) is 4. The summed E-state index contributed by atoms with van der Waals surface area (Å²) in [5.74, 6) is 0.222. The maximum atomic E-state index is 12.2. The Balaban J connectivity index is 1.93. The average molecular weight is 341 g/mol. The number of carbonyl (C=O) groups is 2. The summed E-state index contributed by atoms with van der Waals surface area (Å²) >= 11 is 0. The van der Waals surface area contributed by atoms with Crippen LogP contribution in [0.3, 0.4) is 0 Å². The van der Waals surface area contributed by atoms with Crippen LogP contribution < -0.4 is 10.1 Å². The number of hydrogen-bond donors (Lipinski definition) is 1. The monoisotopic (exact) mass is 341 g/mol. The molecule has 2 aromatic carbocycles. The maximum Gasteiger partial charge on any atom is 0.338 e. The Labute approximate surface area is 148 Å². The molecular weight excluding hydrogens is 318 g/mol. The van der Waals surface area contributed by atoms with Gasteiger partial charge in [0, 0.05) is 5.69 Å². The standard InChI is InChI=1S/C20H23NO4/c1-3-4-12-25-20(23)16-6-5-7-17(14-16)21-19(22)13-15-8-10-18(24-2)11-9-15/h5-11,14H,3-4,12-13H2,1-2H3,(H,21,22). The Kier molecular flexibility index (Phi) is 7.01. The number of unbranched alkanes of at least 4 members (excludes halogenated alkanes) is 1. The van der Waals surface area contributed by atoms with E-state index in [2.05, 4.69) is 5.32 Å². The maximum absolute atomic E-state index is 12.2. The van der Waals surface area contributed by atoms with Gasteiger partial charge in [0.1, 0.15) is 5.75 Å². The van der Waals surface area contributed by atoms with Crippen molar-refractivity contribution in [2.24, 2.45) is 0 Å². The number of amides is 1. The smallest absolute Gasteiger partial charge is 0.338 e. The van der Waals surface area contributed by atoms with E-state index in [4.69, 9.17) is 9.47 Å². The van der Waals surface area contributed by atoms with Gasteiger partial charge in [-0.15, -0.1) is 0 Å². The number of benzene rings is 2. The molecule has 5 heteroatoms. The van der Waals surface area contributed by atoms with Gasteiger partial charge in [-0.1, -0.05) is 31.5 Å². The Morgan fingerprint density at radius 3 is 2.52 bits per heavy atom. The summed E-state index contributed by atoms with van der Waals surface area (Å²) in [7, 11) is 1.60. The van der Waals surface area contributed by atoms with Crippen molar-refractivity contribution in [2.75, 3.05) is 19.0 Å². The summed E-state index contributed by atoms with van der Waals surface area (Å²) in [6.45, 7) is 2.44. The van der Waals surface area contributed by atoms with Crippen molar-refractivity contribution in [3.8, 4) is 5.75 Å². The second-order valence-corrected chi connectivity index (χ2v) is 5.64. The van der Waals surface area contributed by atoms with Crippen LogP contribution in [-0.2, 0) is 16.0 Å². The molecule has 132 valence electrons. The molecule has 0 aliphatic rings. The Hall–Kier alpha value is -2.82. The number of rotatable bonds is 8. The lowest BCUT2D eigenvalue weighted by atomic mass is 10.1. The van der Waals surface area contributed by atoms with Gasteiger partial charge in [-0.3, -0.25) is 4.79 Å². The number of methoxy groups -OCH3 is 1. The van der Waals surface area contributed by atoms with E-state index in [1.54, 1.807) is 31.4 Å². The van der Waals surface area contributed by atoms with Crippen molar-refractivity contribution in [3.05, 3.63) is 59.7 Å². The minimum Gasteiger partial charge on any atom is -0.497 e. The highest BCUT2D eigenvalue weighted by molar-refractivity contribution is 5.95. The normalized spacial score (nSPS) is 10.2. The summed E-state index contributed by atoms with van der Waals surface area (Å²) in [5, 5.41) is 2.80. The second kappa shape index (κ2) is 9.47. The minimum absolute atomic E-state index is 0.151. The summed E-state index contributed by atoms with van der Waals surface area (Å²) in [6, 6.07) is 14.1. The fraction of sp³-hybridized carbons (Fsp3) is 0.300. The summed E-state index contributed by atoms with van der Waals surface area (Å²) in [5.41, 5.74) is 1.88. The molecule has 0 aromatic heterocycles. The van der Waals surface area contributed by atoms with Crippen LogP contribution >= 0.6 is 0 Å². The fourth-order valence-corrected chi connectivity index (χ4v) is 2.25. The van der Waals surface area contributed by atoms with Crippen molar-refractivity contribution in [1.29, 1.82) is 0 Å². The molecule has 0 saturated heterocycles. The zero-order chi connectivity index (χ0) is 18.1. The largest absolute Gasteiger partial charge is 0.497 e. The van der Waals surface area contributed by atoms with Crippen LogP contribution in [0.1, 0.15) is 35.7 Å². The number of esters is 1. The molecule has 0 unspecified atom stereocenters. The zero-order valence-electron chi connectivity index (χ0n) is 14.6. The van der Waals surface area contributed by atoms with Gasteiger partial charge in [-0.25, -0.2) is 4.79 Å². The first-order valence-electron chi connectivity index (χ1n) is 8.32. The Morgan fingerprint density at radius 2 is 1.84 bits per heavy atom. The molecule has 0 aliphatic carbocycles. The van der Waals surface area contributed by atoms with Crippen LogP contribution in [0, 0.1) is 0 Å². The van der Waals surface area contributed by atoms with Gasteiger partial charge in [0.15, 0.2) is 0 Å². The Morgan fingerprint density at radius 1 is 1.08 bits per heavy atom. The Bertz CT molecular complexity index is 710. The topological polar surface area (TPSA) is 64.6 Å². The average Bonchev–Trinajstić information content (AvgIpc) is 2.62.